The fourth-order valence-corrected chi connectivity index (χ4v) is 3.38. The zero-order valence-electron chi connectivity index (χ0n) is 15.3. The Morgan fingerprint density at radius 2 is 2.07 bits per heavy atom. The number of benzene rings is 1. The number of hydrogen-bond donors (Lipinski definition) is 1. The van der Waals surface area contributed by atoms with E-state index in [1.807, 2.05) is 12.5 Å². The molecule has 1 saturated heterocycles. The maximum absolute atomic E-state index is 13.6. The van der Waals surface area contributed by atoms with Crippen molar-refractivity contribution in [2.75, 3.05) is 37.7 Å². The van der Waals surface area contributed by atoms with E-state index in [1.165, 1.54) is 12.1 Å². The third-order valence-electron chi connectivity index (χ3n) is 4.79. The van der Waals surface area contributed by atoms with Crippen LogP contribution >= 0.6 is 0 Å². The SMILES string of the molecule is Fc1ccc2cc(CNCCCn3ccnc3)c(N3CCOCC3)nc2c1. The van der Waals surface area contributed by atoms with Crippen LogP contribution in [0.25, 0.3) is 10.9 Å². The van der Waals surface area contributed by atoms with Gasteiger partial charge < -0.3 is 19.5 Å². The summed E-state index contributed by atoms with van der Waals surface area (Å²) in [6.45, 7) is 5.59. The molecular weight excluding hydrogens is 345 g/mol. The first-order chi connectivity index (χ1) is 13.3. The molecule has 1 N–H and O–H groups in total. The lowest BCUT2D eigenvalue weighted by atomic mass is 10.1. The van der Waals surface area contributed by atoms with Crippen molar-refractivity contribution in [1.82, 2.24) is 19.9 Å². The van der Waals surface area contributed by atoms with Crippen molar-refractivity contribution in [2.24, 2.45) is 0 Å². The van der Waals surface area contributed by atoms with Gasteiger partial charge in [-0.1, -0.05) is 0 Å². The predicted molar refractivity (Wildman–Crippen MR) is 103 cm³/mol. The van der Waals surface area contributed by atoms with Crippen LogP contribution in [0.5, 0.6) is 0 Å². The molecule has 0 bridgehead atoms. The quantitative estimate of drug-likeness (QED) is 0.649. The Bertz CT molecular complexity index is 877. The molecule has 1 aliphatic heterocycles. The molecule has 3 heterocycles. The number of anilines is 1. The van der Waals surface area contributed by atoms with Crippen molar-refractivity contribution in [3.63, 3.8) is 0 Å². The predicted octanol–water partition coefficient (Wildman–Crippen LogP) is 2.59. The van der Waals surface area contributed by atoms with Crippen LogP contribution in [-0.4, -0.2) is 47.4 Å². The second-order valence-electron chi connectivity index (χ2n) is 6.74. The molecule has 2 aromatic heterocycles. The van der Waals surface area contributed by atoms with Crippen molar-refractivity contribution in [3.05, 3.63) is 54.4 Å². The van der Waals surface area contributed by atoms with Crippen LogP contribution in [0.4, 0.5) is 10.2 Å². The molecule has 27 heavy (non-hydrogen) atoms. The van der Waals surface area contributed by atoms with E-state index in [4.69, 9.17) is 9.72 Å². The van der Waals surface area contributed by atoms with Gasteiger partial charge in [-0.15, -0.1) is 0 Å². The van der Waals surface area contributed by atoms with E-state index < -0.39 is 0 Å². The summed E-state index contributed by atoms with van der Waals surface area (Å²) in [5.74, 6) is 0.673. The van der Waals surface area contributed by atoms with Crippen molar-refractivity contribution in [2.45, 2.75) is 19.5 Å². The van der Waals surface area contributed by atoms with Crippen molar-refractivity contribution in [1.29, 1.82) is 0 Å². The highest BCUT2D eigenvalue weighted by Crippen LogP contribution is 2.25. The van der Waals surface area contributed by atoms with Gasteiger partial charge in [0.25, 0.3) is 0 Å². The summed E-state index contributed by atoms with van der Waals surface area (Å²) in [5.41, 5.74) is 1.83. The molecule has 3 aromatic rings. The third kappa shape index (κ3) is 4.43. The van der Waals surface area contributed by atoms with Crippen molar-refractivity contribution >= 4 is 16.7 Å². The zero-order chi connectivity index (χ0) is 18.5. The summed E-state index contributed by atoms with van der Waals surface area (Å²) in [6.07, 6.45) is 6.63. The lowest BCUT2D eigenvalue weighted by Gasteiger charge is -2.30. The first-order valence-corrected chi connectivity index (χ1v) is 9.38. The van der Waals surface area contributed by atoms with E-state index in [9.17, 15) is 4.39 Å². The lowest BCUT2D eigenvalue weighted by molar-refractivity contribution is 0.122. The lowest BCUT2D eigenvalue weighted by Crippen LogP contribution is -2.37. The number of ether oxygens (including phenoxy) is 1. The maximum Gasteiger partial charge on any atom is 0.133 e. The normalized spacial score (nSPS) is 14.8. The molecule has 6 nitrogen and oxygen atoms in total. The first kappa shape index (κ1) is 17.9. The second-order valence-corrected chi connectivity index (χ2v) is 6.74. The highest BCUT2D eigenvalue weighted by Gasteiger charge is 2.17. The summed E-state index contributed by atoms with van der Waals surface area (Å²) in [5, 5.41) is 4.48. The monoisotopic (exact) mass is 369 g/mol. The number of morpholine rings is 1. The Balaban J connectivity index is 1.47. The maximum atomic E-state index is 13.6. The van der Waals surface area contributed by atoms with Crippen LogP contribution in [0.3, 0.4) is 0 Å². The topological polar surface area (TPSA) is 55.2 Å². The molecule has 0 saturated carbocycles. The summed E-state index contributed by atoms with van der Waals surface area (Å²) in [6, 6.07) is 6.90. The highest BCUT2D eigenvalue weighted by atomic mass is 19.1. The van der Waals surface area contributed by atoms with E-state index in [2.05, 4.69) is 25.8 Å². The van der Waals surface area contributed by atoms with Crippen LogP contribution in [0.2, 0.25) is 0 Å². The smallest absolute Gasteiger partial charge is 0.133 e. The van der Waals surface area contributed by atoms with Gasteiger partial charge in [-0.2, -0.15) is 0 Å². The second kappa shape index (κ2) is 8.45. The molecule has 0 amide bonds. The molecule has 0 atom stereocenters. The Morgan fingerprint density at radius 1 is 1.19 bits per heavy atom. The Morgan fingerprint density at radius 3 is 2.89 bits per heavy atom. The summed E-state index contributed by atoms with van der Waals surface area (Å²) >= 11 is 0. The summed E-state index contributed by atoms with van der Waals surface area (Å²) in [4.78, 5) is 11.1. The van der Waals surface area contributed by atoms with Crippen molar-refractivity contribution < 1.29 is 9.13 Å². The molecule has 1 fully saturated rings. The molecule has 142 valence electrons. The average molecular weight is 369 g/mol. The minimum absolute atomic E-state index is 0.256. The van der Waals surface area contributed by atoms with Crippen LogP contribution in [0.1, 0.15) is 12.0 Å². The number of nitrogens with zero attached hydrogens (tertiary/aromatic N) is 4. The van der Waals surface area contributed by atoms with E-state index >= 15 is 0 Å². The van der Waals surface area contributed by atoms with E-state index in [1.54, 1.807) is 12.3 Å². The van der Waals surface area contributed by atoms with Crippen LogP contribution in [-0.2, 0) is 17.8 Å². The molecular formula is C20H24FN5O. The van der Waals surface area contributed by atoms with Crippen molar-refractivity contribution in [3.8, 4) is 0 Å². The zero-order valence-corrected chi connectivity index (χ0v) is 15.3. The molecule has 4 rings (SSSR count). The van der Waals surface area contributed by atoms with Gasteiger partial charge >= 0.3 is 0 Å². The number of fused-ring (bicyclic) bond motifs is 1. The number of pyridine rings is 1. The van der Waals surface area contributed by atoms with Gasteiger partial charge in [0.15, 0.2) is 0 Å². The van der Waals surface area contributed by atoms with Crippen LogP contribution in [0.15, 0.2) is 43.0 Å². The number of rotatable bonds is 7. The van der Waals surface area contributed by atoms with Gasteiger partial charge in [0.05, 0.1) is 25.1 Å². The number of halogens is 1. The standard InChI is InChI=1S/C20H24FN5O/c21-18-3-2-16-12-17(14-22-4-1-6-25-7-5-23-15-25)20(24-19(16)13-18)26-8-10-27-11-9-26/h2-3,5,7,12-13,15,22H,1,4,6,8-11,14H2. The molecule has 0 aliphatic carbocycles. The van der Waals surface area contributed by atoms with Crippen LogP contribution < -0.4 is 10.2 Å². The molecule has 0 radical (unpaired) electrons. The van der Waals surface area contributed by atoms with E-state index in [0.29, 0.717) is 18.7 Å². The minimum Gasteiger partial charge on any atom is -0.378 e. The van der Waals surface area contributed by atoms with E-state index in [-0.39, 0.29) is 5.82 Å². The summed E-state index contributed by atoms with van der Waals surface area (Å²) in [7, 11) is 0. The van der Waals surface area contributed by atoms with Gasteiger partial charge in [0, 0.05) is 55.6 Å². The Labute approximate surface area is 158 Å². The fraction of sp³-hybridized carbons (Fsp3) is 0.400. The number of aryl methyl sites for hydroxylation is 1. The highest BCUT2D eigenvalue weighted by molar-refractivity contribution is 5.82. The fourth-order valence-electron chi connectivity index (χ4n) is 3.38. The summed E-state index contributed by atoms with van der Waals surface area (Å²) < 4.78 is 21.2. The first-order valence-electron chi connectivity index (χ1n) is 9.38. The van der Waals surface area contributed by atoms with Gasteiger partial charge in [0.1, 0.15) is 11.6 Å². The number of nitrogens with one attached hydrogen (secondary N) is 1. The number of hydrogen-bond acceptors (Lipinski definition) is 5. The Hall–Kier alpha value is -2.51. The molecule has 0 spiro atoms. The molecule has 1 aliphatic rings. The van der Waals surface area contributed by atoms with Gasteiger partial charge in [-0.05, 0) is 31.2 Å². The van der Waals surface area contributed by atoms with Gasteiger partial charge in [0.2, 0.25) is 0 Å². The minimum atomic E-state index is -0.256. The molecule has 1 aromatic carbocycles. The third-order valence-corrected chi connectivity index (χ3v) is 4.79. The van der Waals surface area contributed by atoms with Crippen LogP contribution in [0, 0.1) is 5.82 Å². The van der Waals surface area contributed by atoms with Gasteiger partial charge in [-0.3, -0.25) is 0 Å². The van der Waals surface area contributed by atoms with E-state index in [0.717, 1.165) is 55.9 Å². The largest absolute Gasteiger partial charge is 0.378 e. The molecule has 0 unspecified atom stereocenters. The number of aromatic nitrogens is 3. The number of imidazole rings is 1. The van der Waals surface area contributed by atoms with Gasteiger partial charge in [-0.25, -0.2) is 14.4 Å². The Kier molecular flexibility index (Phi) is 5.60. The average Bonchev–Trinajstić information content (AvgIpc) is 3.21. The molecule has 7 heteroatoms.